The second kappa shape index (κ2) is 2.82. The predicted molar refractivity (Wildman–Crippen MR) is 58.7 cm³/mol. The molecule has 0 unspecified atom stereocenters. The molecule has 13 heavy (non-hydrogen) atoms. The Bertz CT molecular complexity index is 353. The van der Waals surface area contributed by atoms with Crippen molar-refractivity contribution in [2.24, 2.45) is 5.73 Å². The van der Waals surface area contributed by atoms with E-state index in [1.807, 2.05) is 0 Å². The van der Waals surface area contributed by atoms with Crippen LogP contribution in [0.25, 0.3) is 0 Å². The van der Waals surface area contributed by atoms with Crippen molar-refractivity contribution in [3.05, 3.63) is 33.3 Å². The van der Waals surface area contributed by atoms with Crippen molar-refractivity contribution in [3.8, 4) is 0 Å². The molecule has 0 amide bonds. The van der Waals surface area contributed by atoms with Gasteiger partial charge in [-0.25, -0.2) is 0 Å². The molecule has 70 valence electrons. The number of hydrogen-bond donors (Lipinski definition) is 1. The van der Waals surface area contributed by atoms with Gasteiger partial charge >= 0.3 is 0 Å². The fourth-order valence-corrected chi connectivity index (χ4v) is 2.60. The highest BCUT2D eigenvalue weighted by molar-refractivity contribution is 9.10. The second-order valence-electron chi connectivity index (χ2n) is 4.02. The molecule has 0 aromatic heterocycles. The first kappa shape index (κ1) is 9.22. The maximum absolute atomic E-state index is 6.21. The molecule has 2 rings (SSSR count). The third kappa shape index (κ3) is 1.42. The molecule has 1 aromatic rings. The van der Waals surface area contributed by atoms with Crippen LogP contribution in [0.5, 0.6) is 0 Å². The molecular formula is C11H14BrN. The molecule has 1 aromatic carbocycles. The average molecular weight is 240 g/mol. The normalized spacial score (nSPS) is 18.8. The summed E-state index contributed by atoms with van der Waals surface area (Å²) in [5.41, 5.74) is 10.2. The fraction of sp³-hybridized carbons (Fsp3) is 0.455. The van der Waals surface area contributed by atoms with Crippen molar-refractivity contribution < 1.29 is 0 Å². The van der Waals surface area contributed by atoms with Crippen LogP contribution in [0, 0.1) is 13.8 Å². The van der Waals surface area contributed by atoms with Gasteiger partial charge in [-0.3, -0.25) is 0 Å². The summed E-state index contributed by atoms with van der Waals surface area (Å²) in [6.07, 6.45) is 2.24. The van der Waals surface area contributed by atoms with Gasteiger partial charge in [0.05, 0.1) is 0 Å². The summed E-state index contributed by atoms with van der Waals surface area (Å²) in [6, 6.07) is 4.24. The predicted octanol–water partition coefficient (Wildman–Crippen LogP) is 3.01. The molecule has 1 fully saturated rings. The Kier molecular flexibility index (Phi) is 2.00. The molecule has 1 aliphatic rings. The lowest BCUT2D eigenvalue weighted by molar-refractivity contribution is 0.727. The Morgan fingerprint density at radius 2 is 1.92 bits per heavy atom. The Balaban J connectivity index is 2.61. The third-order valence-electron chi connectivity index (χ3n) is 2.97. The number of hydrogen-bond acceptors (Lipinski definition) is 1. The van der Waals surface area contributed by atoms with E-state index >= 15 is 0 Å². The summed E-state index contributed by atoms with van der Waals surface area (Å²) in [5.74, 6) is 0. The lowest BCUT2D eigenvalue weighted by atomic mass is 9.96. The zero-order valence-corrected chi connectivity index (χ0v) is 9.61. The Morgan fingerprint density at radius 3 is 2.46 bits per heavy atom. The number of nitrogens with two attached hydrogens (primary N) is 1. The monoisotopic (exact) mass is 239 g/mol. The van der Waals surface area contributed by atoms with E-state index in [2.05, 4.69) is 41.9 Å². The number of rotatable bonds is 1. The smallest absolute Gasteiger partial charge is 0.0425 e. The summed E-state index contributed by atoms with van der Waals surface area (Å²) in [6.45, 7) is 4.29. The van der Waals surface area contributed by atoms with Crippen LogP contribution in [0.2, 0.25) is 0 Å². The average Bonchev–Trinajstić information content (AvgIpc) is 2.78. The Morgan fingerprint density at radius 1 is 1.31 bits per heavy atom. The van der Waals surface area contributed by atoms with Crippen LogP contribution >= 0.6 is 15.9 Å². The summed E-state index contributed by atoms with van der Waals surface area (Å²) in [4.78, 5) is 0. The van der Waals surface area contributed by atoms with Crippen molar-refractivity contribution in [2.75, 3.05) is 0 Å². The molecule has 0 saturated heterocycles. The van der Waals surface area contributed by atoms with Gasteiger partial charge in [0.2, 0.25) is 0 Å². The summed E-state index contributed by atoms with van der Waals surface area (Å²) in [7, 11) is 0. The highest BCUT2D eigenvalue weighted by Gasteiger charge is 2.42. The topological polar surface area (TPSA) is 26.0 Å². The van der Waals surface area contributed by atoms with Crippen LogP contribution in [0.3, 0.4) is 0 Å². The van der Waals surface area contributed by atoms with Gasteiger partial charge in [0.15, 0.2) is 0 Å². The van der Waals surface area contributed by atoms with E-state index in [9.17, 15) is 0 Å². The van der Waals surface area contributed by atoms with Gasteiger partial charge < -0.3 is 5.73 Å². The molecule has 1 saturated carbocycles. The first-order valence-corrected chi connectivity index (χ1v) is 5.39. The molecule has 0 atom stereocenters. The standard InChI is InChI=1S/C11H14BrN/c1-7-3-4-9(12)10(8(7)2)11(13)5-6-11/h3-4H,5-6,13H2,1-2H3. The minimum atomic E-state index is -0.0328. The van der Waals surface area contributed by atoms with E-state index in [0.29, 0.717) is 0 Å². The van der Waals surface area contributed by atoms with Crippen molar-refractivity contribution in [1.29, 1.82) is 0 Å². The minimum absolute atomic E-state index is 0.0328. The van der Waals surface area contributed by atoms with E-state index in [1.54, 1.807) is 0 Å². The largest absolute Gasteiger partial charge is 0.321 e. The maximum atomic E-state index is 6.21. The van der Waals surface area contributed by atoms with Crippen molar-refractivity contribution in [3.63, 3.8) is 0 Å². The molecule has 2 heteroatoms. The van der Waals surface area contributed by atoms with Crippen molar-refractivity contribution in [1.82, 2.24) is 0 Å². The quantitative estimate of drug-likeness (QED) is 0.802. The van der Waals surface area contributed by atoms with Crippen LogP contribution < -0.4 is 5.73 Å². The molecule has 1 nitrogen and oxygen atoms in total. The highest BCUT2D eigenvalue weighted by atomic mass is 79.9. The fourth-order valence-electron chi connectivity index (χ4n) is 1.78. The van der Waals surface area contributed by atoms with E-state index in [1.165, 1.54) is 16.7 Å². The van der Waals surface area contributed by atoms with Crippen LogP contribution in [-0.4, -0.2) is 0 Å². The zero-order valence-electron chi connectivity index (χ0n) is 8.02. The lowest BCUT2D eigenvalue weighted by Gasteiger charge is -2.16. The van der Waals surface area contributed by atoms with Gasteiger partial charge in [-0.15, -0.1) is 0 Å². The molecule has 0 bridgehead atoms. The number of benzene rings is 1. The highest BCUT2D eigenvalue weighted by Crippen LogP contribution is 2.47. The number of halogens is 1. The molecular weight excluding hydrogens is 226 g/mol. The summed E-state index contributed by atoms with van der Waals surface area (Å²) in [5, 5.41) is 0. The Labute approximate surface area is 87.5 Å². The van der Waals surface area contributed by atoms with Crippen LogP contribution in [0.1, 0.15) is 29.5 Å². The van der Waals surface area contributed by atoms with Gasteiger partial charge in [0.1, 0.15) is 0 Å². The first-order chi connectivity index (χ1) is 6.04. The second-order valence-corrected chi connectivity index (χ2v) is 4.87. The first-order valence-electron chi connectivity index (χ1n) is 4.60. The summed E-state index contributed by atoms with van der Waals surface area (Å²) >= 11 is 3.58. The van der Waals surface area contributed by atoms with Crippen LogP contribution in [0.4, 0.5) is 0 Å². The van der Waals surface area contributed by atoms with E-state index in [0.717, 1.165) is 17.3 Å². The van der Waals surface area contributed by atoms with Gasteiger partial charge in [-0.1, -0.05) is 22.0 Å². The van der Waals surface area contributed by atoms with Gasteiger partial charge in [0, 0.05) is 10.0 Å². The third-order valence-corrected chi connectivity index (χ3v) is 3.63. The van der Waals surface area contributed by atoms with Crippen LogP contribution in [-0.2, 0) is 5.54 Å². The van der Waals surface area contributed by atoms with Gasteiger partial charge in [0.25, 0.3) is 0 Å². The van der Waals surface area contributed by atoms with E-state index in [-0.39, 0.29) is 5.54 Å². The SMILES string of the molecule is Cc1ccc(Br)c(C2(N)CC2)c1C. The van der Waals surface area contributed by atoms with Crippen LogP contribution in [0.15, 0.2) is 16.6 Å². The zero-order chi connectivity index (χ0) is 9.64. The molecule has 0 spiro atoms. The maximum Gasteiger partial charge on any atom is 0.0425 e. The van der Waals surface area contributed by atoms with E-state index < -0.39 is 0 Å². The van der Waals surface area contributed by atoms with Gasteiger partial charge in [-0.2, -0.15) is 0 Å². The van der Waals surface area contributed by atoms with Crippen molar-refractivity contribution in [2.45, 2.75) is 32.2 Å². The van der Waals surface area contributed by atoms with Gasteiger partial charge in [-0.05, 0) is 49.4 Å². The minimum Gasteiger partial charge on any atom is -0.321 e. The Hall–Kier alpha value is -0.340. The molecule has 0 aliphatic heterocycles. The lowest BCUT2D eigenvalue weighted by Crippen LogP contribution is -2.21. The number of aryl methyl sites for hydroxylation is 1. The van der Waals surface area contributed by atoms with E-state index in [4.69, 9.17) is 5.73 Å². The summed E-state index contributed by atoms with van der Waals surface area (Å²) < 4.78 is 1.16. The molecule has 1 aliphatic carbocycles. The molecule has 0 heterocycles. The van der Waals surface area contributed by atoms with Crippen molar-refractivity contribution >= 4 is 15.9 Å². The molecule has 2 N–H and O–H groups in total. The molecule has 0 radical (unpaired) electrons.